The number of aromatic amines is 1. The number of ether oxygens (including phenoxy) is 1. The van der Waals surface area contributed by atoms with Crippen LogP contribution in [0.3, 0.4) is 0 Å². The highest BCUT2D eigenvalue weighted by Crippen LogP contribution is 2.23. The highest BCUT2D eigenvalue weighted by atomic mass is 16.5. The Kier molecular flexibility index (Phi) is 4.19. The molecule has 0 atom stereocenters. The summed E-state index contributed by atoms with van der Waals surface area (Å²) in [6, 6.07) is 13.1. The van der Waals surface area contributed by atoms with Crippen molar-refractivity contribution in [3.63, 3.8) is 0 Å². The lowest BCUT2D eigenvalue weighted by molar-refractivity contribution is 0.0697. The minimum absolute atomic E-state index is 0.211. The Morgan fingerprint density at radius 3 is 2.87 bits per heavy atom. The van der Waals surface area contributed by atoms with E-state index >= 15 is 0 Å². The van der Waals surface area contributed by atoms with Crippen molar-refractivity contribution in [2.45, 2.75) is 6.42 Å². The first-order valence-electron chi connectivity index (χ1n) is 7.39. The zero-order chi connectivity index (χ0) is 16.2. The number of anilines is 1. The van der Waals surface area contributed by atoms with Gasteiger partial charge in [-0.15, -0.1) is 0 Å². The first kappa shape index (κ1) is 15.0. The number of carbonyl (C=O) groups is 1. The second-order valence-electron chi connectivity index (χ2n) is 5.25. The number of carboxylic acids is 1. The van der Waals surface area contributed by atoms with E-state index < -0.39 is 5.97 Å². The van der Waals surface area contributed by atoms with Crippen LogP contribution < -0.4 is 10.1 Å². The largest absolute Gasteiger partial charge is 0.497 e. The molecule has 1 aromatic heterocycles. The quantitative estimate of drug-likeness (QED) is 0.651. The summed E-state index contributed by atoms with van der Waals surface area (Å²) in [6.07, 6.45) is 2.80. The van der Waals surface area contributed by atoms with E-state index in [0.29, 0.717) is 18.0 Å². The molecule has 1 heterocycles. The van der Waals surface area contributed by atoms with Gasteiger partial charge in [0.1, 0.15) is 5.75 Å². The van der Waals surface area contributed by atoms with Gasteiger partial charge >= 0.3 is 5.97 Å². The van der Waals surface area contributed by atoms with Crippen molar-refractivity contribution in [1.82, 2.24) is 4.98 Å². The molecule has 3 rings (SSSR count). The molecular formula is C18H18N2O3. The summed E-state index contributed by atoms with van der Waals surface area (Å²) in [5.74, 6) is -0.442. The van der Waals surface area contributed by atoms with Crippen molar-refractivity contribution in [3.8, 4) is 5.75 Å². The van der Waals surface area contributed by atoms with Crippen molar-refractivity contribution in [1.29, 1.82) is 0 Å². The Labute approximate surface area is 133 Å². The minimum atomic E-state index is -0.974. The fourth-order valence-electron chi connectivity index (χ4n) is 2.65. The normalized spacial score (nSPS) is 10.7. The highest BCUT2D eigenvalue weighted by Gasteiger charge is 2.11. The van der Waals surface area contributed by atoms with Crippen LogP contribution in [0.2, 0.25) is 0 Å². The van der Waals surface area contributed by atoms with Gasteiger partial charge in [0.2, 0.25) is 0 Å². The van der Waals surface area contributed by atoms with Gasteiger partial charge in [-0.1, -0.05) is 18.2 Å². The van der Waals surface area contributed by atoms with E-state index in [1.807, 2.05) is 24.4 Å². The predicted octanol–water partition coefficient (Wildman–Crippen LogP) is 3.53. The van der Waals surface area contributed by atoms with Gasteiger partial charge in [-0.25, -0.2) is 4.79 Å². The van der Waals surface area contributed by atoms with E-state index in [2.05, 4.69) is 16.4 Å². The molecule has 3 aromatic rings. The van der Waals surface area contributed by atoms with Crippen LogP contribution in [0.1, 0.15) is 15.9 Å². The van der Waals surface area contributed by atoms with Gasteiger partial charge in [-0.2, -0.15) is 0 Å². The van der Waals surface area contributed by atoms with Crippen molar-refractivity contribution in [2.75, 3.05) is 19.0 Å². The first-order chi connectivity index (χ1) is 11.2. The Hall–Kier alpha value is -2.95. The van der Waals surface area contributed by atoms with Gasteiger partial charge in [0.25, 0.3) is 0 Å². The molecule has 118 valence electrons. The van der Waals surface area contributed by atoms with E-state index in [0.717, 1.165) is 11.9 Å². The molecule has 0 fully saturated rings. The molecule has 0 aliphatic rings. The average molecular weight is 310 g/mol. The van der Waals surface area contributed by atoms with Gasteiger partial charge in [-0.05, 0) is 36.2 Å². The van der Waals surface area contributed by atoms with E-state index in [-0.39, 0.29) is 5.56 Å². The van der Waals surface area contributed by atoms with E-state index in [9.17, 15) is 9.90 Å². The maximum Gasteiger partial charge on any atom is 0.337 e. The molecule has 0 saturated heterocycles. The molecule has 3 N–H and O–H groups in total. The zero-order valence-corrected chi connectivity index (χ0v) is 12.8. The van der Waals surface area contributed by atoms with Gasteiger partial charge < -0.3 is 20.1 Å². The third-order valence-electron chi connectivity index (χ3n) is 3.84. The van der Waals surface area contributed by atoms with Crippen LogP contribution in [-0.4, -0.2) is 29.7 Å². The third-order valence-corrected chi connectivity index (χ3v) is 3.84. The first-order valence-corrected chi connectivity index (χ1v) is 7.39. The lowest BCUT2D eigenvalue weighted by Gasteiger charge is -2.11. The number of hydrogen-bond acceptors (Lipinski definition) is 3. The van der Waals surface area contributed by atoms with Crippen LogP contribution in [0, 0.1) is 0 Å². The fraction of sp³-hybridized carbons (Fsp3) is 0.167. The summed E-state index contributed by atoms with van der Waals surface area (Å²) >= 11 is 0. The zero-order valence-electron chi connectivity index (χ0n) is 12.8. The summed E-state index contributed by atoms with van der Waals surface area (Å²) in [6.45, 7) is 0.647. The minimum Gasteiger partial charge on any atom is -0.497 e. The number of para-hydroxylation sites is 1. The maximum absolute atomic E-state index is 11.4. The van der Waals surface area contributed by atoms with Crippen molar-refractivity contribution < 1.29 is 14.6 Å². The molecule has 0 radical (unpaired) electrons. The second-order valence-corrected chi connectivity index (χ2v) is 5.25. The molecule has 0 amide bonds. The van der Waals surface area contributed by atoms with Crippen LogP contribution >= 0.6 is 0 Å². The molecule has 0 spiro atoms. The molecule has 0 aliphatic carbocycles. The van der Waals surface area contributed by atoms with E-state index in [1.165, 1.54) is 24.1 Å². The molecular weight excluding hydrogens is 292 g/mol. The molecule has 5 nitrogen and oxygen atoms in total. The predicted molar refractivity (Wildman–Crippen MR) is 90.4 cm³/mol. The topological polar surface area (TPSA) is 74.3 Å². The number of H-pyrrole nitrogens is 1. The molecule has 0 bridgehead atoms. The Bertz CT molecular complexity index is 839. The maximum atomic E-state index is 11.4. The number of methoxy groups -OCH3 is 1. The SMILES string of the molecule is COc1ccc(NCCc2c[nH]c3ccccc23)c(C(=O)O)c1. The summed E-state index contributed by atoms with van der Waals surface area (Å²) < 4.78 is 5.08. The fourth-order valence-corrected chi connectivity index (χ4v) is 2.65. The Morgan fingerprint density at radius 2 is 2.09 bits per heavy atom. The number of fused-ring (bicyclic) bond motifs is 1. The average Bonchev–Trinajstić information content (AvgIpc) is 2.98. The van der Waals surface area contributed by atoms with Crippen LogP contribution in [-0.2, 0) is 6.42 Å². The van der Waals surface area contributed by atoms with Gasteiger partial charge in [0.05, 0.1) is 12.7 Å². The molecule has 0 aliphatic heterocycles. The molecule has 5 heteroatoms. The summed E-state index contributed by atoms with van der Waals surface area (Å²) in [4.78, 5) is 14.6. The summed E-state index contributed by atoms with van der Waals surface area (Å²) in [5, 5.41) is 13.7. The summed E-state index contributed by atoms with van der Waals surface area (Å²) in [7, 11) is 1.52. The second kappa shape index (κ2) is 6.44. The molecule has 0 unspecified atom stereocenters. The Balaban J connectivity index is 1.72. The number of aromatic nitrogens is 1. The van der Waals surface area contributed by atoms with Crippen molar-refractivity contribution >= 4 is 22.6 Å². The lowest BCUT2D eigenvalue weighted by Crippen LogP contribution is -2.09. The standard InChI is InChI=1S/C18H18N2O3/c1-23-13-6-7-17(15(10-13)18(21)22)19-9-8-12-11-20-16-5-3-2-4-14(12)16/h2-7,10-11,19-20H,8-9H2,1H3,(H,21,22). The summed E-state index contributed by atoms with van der Waals surface area (Å²) in [5.41, 5.74) is 3.12. The monoisotopic (exact) mass is 310 g/mol. The van der Waals surface area contributed by atoms with Gasteiger partial charge in [-0.3, -0.25) is 0 Å². The molecule has 23 heavy (non-hydrogen) atoms. The van der Waals surface area contributed by atoms with Gasteiger partial charge in [0, 0.05) is 29.3 Å². The third kappa shape index (κ3) is 3.13. The van der Waals surface area contributed by atoms with Crippen LogP contribution in [0.5, 0.6) is 5.75 Å². The number of rotatable bonds is 6. The number of aromatic carboxylic acids is 1. The highest BCUT2D eigenvalue weighted by molar-refractivity contribution is 5.94. The van der Waals surface area contributed by atoms with Crippen molar-refractivity contribution in [2.24, 2.45) is 0 Å². The Morgan fingerprint density at radius 1 is 1.26 bits per heavy atom. The van der Waals surface area contributed by atoms with Crippen LogP contribution in [0.15, 0.2) is 48.7 Å². The number of nitrogens with one attached hydrogen (secondary N) is 2. The number of carboxylic acid groups (broad SMARTS) is 1. The van der Waals surface area contributed by atoms with E-state index in [1.54, 1.807) is 12.1 Å². The number of hydrogen-bond donors (Lipinski definition) is 3. The van der Waals surface area contributed by atoms with Gasteiger partial charge in [0.15, 0.2) is 0 Å². The van der Waals surface area contributed by atoms with Crippen LogP contribution in [0.4, 0.5) is 5.69 Å². The smallest absolute Gasteiger partial charge is 0.337 e. The van der Waals surface area contributed by atoms with Crippen LogP contribution in [0.25, 0.3) is 10.9 Å². The molecule has 0 saturated carbocycles. The number of benzene rings is 2. The van der Waals surface area contributed by atoms with E-state index in [4.69, 9.17) is 4.74 Å². The molecule has 2 aromatic carbocycles. The van der Waals surface area contributed by atoms with Crippen molar-refractivity contribution in [3.05, 3.63) is 59.8 Å². The lowest BCUT2D eigenvalue weighted by atomic mass is 10.1.